The van der Waals surface area contributed by atoms with E-state index in [2.05, 4.69) is 40.1 Å². The third-order valence-corrected chi connectivity index (χ3v) is 7.94. The van der Waals surface area contributed by atoms with Gasteiger partial charge in [0.2, 0.25) is 0 Å². The van der Waals surface area contributed by atoms with Crippen LogP contribution in [0, 0.1) is 13.8 Å². The molecule has 35 heavy (non-hydrogen) atoms. The van der Waals surface area contributed by atoms with Gasteiger partial charge in [-0.15, -0.1) is 0 Å². The predicted molar refractivity (Wildman–Crippen MR) is 140 cm³/mol. The Morgan fingerprint density at radius 3 is 2.34 bits per heavy atom. The molecular weight excluding hydrogens is 478 g/mol. The Bertz CT molecular complexity index is 1670. The Balaban J connectivity index is 1.53. The smallest absolute Gasteiger partial charge is 0.184 e. The normalized spacial score (nSPS) is 11.6. The average Bonchev–Trinajstić information content (AvgIpc) is 2.84. The summed E-state index contributed by atoms with van der Waals surface area (Å²) >= 11 is 6.12. The fourth-order valence-corrected chi connectivity index (χ4v) is 5.83. The van der Waals surface area contributed by atoms with Crippen LogP contribution in [-0.4, -0.2) is 23.4 Å². The first-order valence-electron chi connectivity index (χ1n) is 11.1. The van der Waals surface area contributed by atoms with Gasteiger partial charge in [0, 0.05) is 28.4 Å². The molecule has 0 radical (unpaired) electrons. The molecular formula is C28H22ClN3O2S. The van der Waals surface area contributed by atoms with E-state index in [-0.39, 0.29) is 10.6 Å². The minimum atomic E-state index is -3.55. The van der Waals surface area contributed by atoms with Crippen molar-refractivity contribution in [3.63, 3.8) is 0 Å². The first kappa shape index (κ1) is 23.1. The molecule has 0 N–H and O–H groups in total. The van der Waals surface area contributed by atoms with E-state index in [9.17, 15) is 8.42 Å². The van der Waals surface area contributed by atoms with Crippen LogP contribution in [0.3, 0.4) is 0 Å². The van der Waals surface area contributed by atoms with E-state index in [1.54, 1.807) is 24.4 Å². The van der Waals surface area contributed by atoms with E-state index < -0.39 is 9.84 Å². The number of fused-ring (bicyclic) bond motifs is 1. The second-order valence-electron chi connectivity index (χ2n) is 8.49. The summed E-state index contributed by atoms with van der Waals surface area (Å²) in [6.07, 6.45) is 4.61. The molecule has 0 aliphatic heterocycles. The fourth-order valence-electron chi connectivity index (χ4n) is 4.29. The third-order valence-electron chi connectivity index (χ3n) is 6.06. The van der Waals surface area contributed by atoms with Crippen molar-refractivity contribution in [1.82, 2.24) is 15.0 Å². The van der Waals surface area contributed by atoms with E-state index in [0.717, 1.165) is 49.3 Å². The number of aryl methyl sites for hydroxylation is 2. The Kier molecular flexibility index (Phi) is 6.09. The molecule has 5 aromatic rings. The van der Waals surface area contributed by atoms with Crippen molar-refractivity contribution in [2.75, 3.05) is 0 Å². The van der Waals surface area contributed by atoms with Gasteiger partial charge in [0.05, 0.1) is 22.0 Å². The molecule has 0 fully saturated rings. The molecule has 0 aliphatic rings. The molecule has 2 aromatic heterocycles. The number of aromatic nitrogens is 3. The SMILES string of the molecule is Cc1cc(Cl)ccc1-c1ccc(-c2nccc3cc(S(=O)(=O)Cc4ccncn4)ccc23)c(C)c1. The summed E-state index contributed by atoms with van der Waals surface area (Å²) in [5.41, 5.74) is 6.72. The second-order valence-corrected chi connectivity index (χ2v) is 10.9. The maximum absolute atomic E-state index is 13.0. The van der Waals surface area contributed by atoms with Gasteiger partial charge >= 0.3 is 0 Å². The summed E-state index contributed by atoms with van der Waals surface area (Å²) in [6, 6.07) is 20.8. The number of halogens is 1. The van der Waals surface area contributed by atoms with Crippen molar-refractivity contribution >= 4 is 32.2 Å². The van der Waals surface area contributed by atoms with Crippen LogP contribution in [-0.2, 0) is 15.6 Å². The maximum atomic E-state index is 13.0. The predicted octanol–water partition coefficient (Wildman–Crippen LogP) is 6.60. The van der Waals surface area contributed by atoms with E-state index in [1.807, 2.05) is 37.3 Å². The van der Waals surface area contributed by atoms with Gasteiger partial charge in [0.15, 0.2) is 9.84 Å². The van der Waals surface area contributed by atoms with Gasteiger partial charge in [-0.25, -0.2) is 18.4 Å². The van der Waals surface area contributed by atoms with Gasteiger partial charge in [-0.3, -0.25) is 4.98 Å². The fraction of sp³-hybridized carbons (Fsp3) is 0.107. The van der Waals surface area contributed by atoms with Crippen molar-refractivity contribution in [1.29, 1.82) is 0 Å². The lowest BCUT2D eigenvalue weighted by Crippen LogP contribution is -2.06. The van der Waals surface area contributed by atoms with Crippen LogP contribution in [0.25, 0.3) is 33.2 Å². The second kappa shape index (κ2) is 9.21. The van der Waals surface area contributed by atoms with E-state index >= 15 is 0 Å². The molecule has 0 bridgehead atoms. The molecule has 3 aromatic carbocycles. The number of pyridine rings is 1. The summed E-state index contributed by atoms with van der Waals surface area (Å²) in [6.45, 7) is 4.11. The number of benzene rings is 3. The van der Waals surface area contributed by atoms with E-state index in [1.165, 1.54) is 12.5 Å². The van der Waals surface area contributed by atoms with Gasteiger partial charge in [-0.2, -0.15) is 0 Å². The van der Waals surface area contributed by atoms with Crippen molar-refractivity contribution in [3.05, 3.63) is 107 Å². The first-order chi connectivity index (χ1) is 16.8. The third kappa shape index (κ3) is 4.67. The molecule has 5 rings (SSSR count). The van der Waals surface area contributed by atoms with Crippen molar-refractivity contribution in [2.24, 2.45) is 0 Å². The topological polar surface area (TPSA) is 72.8 Å². The van der Waals surface area contributed by atoms with Crippen LogP contribution in [0.1, 0.15) is 16.8 Å². The average molecular weight is 500 g/mol. The molecule has 0 amide bonds. The van der Waals surface area contributed by atoms with Crippen LogP contribution in [0.15, 0.2) is 90.3 Å². The molecule has 0 saturated heterocycles. The lowest BCUT2D eigenvalue weighted by atomic mass is 9.94. The number of sulfone groups is 1. The van der Waals surface area contributed by atoms with Gasteiger partial charge in [-0.1, -0.05) is 41.9 Å². The van der Waals surface area contributed by atoms with Crippen molar-refractivity contribution in [2.45, 2.75) is 24.5 Å². The molecule has 0 unspecified atom stereocenters. The summed E-state index contributed by atoms with van der Waals surface area (Å²) in [5, 5.41) is 2.43. The van der Waals surface area contributed by atoms with Gasteiger partial charge in [-0.05, 0) is 77.9 Å². The van der Waals surface area contributed by atoms with E-state index in [4.69, 9.17) is 11.6 Å². The van der Waals surface area contributed by atoms with Crippen molar-refractivity contribution in [3.8, 4) is 22.4 Å². The number of hydrogen-bond donors (Lipinski definition) is 0. The Morgan fingerprint density at radius 1 is 0.800 bits per heavy atom. The van der Waals surface area contributed by atoms with Crippen LogP contribution in [0.4, 0.5) is 0 Å². The Morgan fingerprint density at radius 2 is 1.60 bits per heavy atom. The zero-order valence-electron chi connectivity index (χ0n) is 19.2. The standard InChI is InChI=1S/C28H22ClN3O2S/c1-18-13-20(25-7-4-22(29)14-19(25)2)3-6-26(18)28-27-8-5-24(15-21(27)9-12-31-28)35(33,34)16-23-10-11-30-17-32-23/h3-15,17H,16H2,1-2H3. The molecule has 2 heterocycles. The van der Waals surface area contributed by atoms with Gasteiger partial charge in [0.25, 0.3) is 0 Å². The van der Waals surface area contributed by atoms with Crippen LogP contribution < -0.4 is 0 Å². The van der Waals surface area contributed by atoms with Crippen LogP contribution >= 0.6 is 11.6 Å². The number of hydrogen-bond acceptors (Lipinski definition) is 5. The molecule has 0 saturated carbocycles. The Labute approximate surface area is 209 Å². The zero-order valence-corrected chi connectivity index (χ0v) is 20.8. The monoisotopic (exact) mass is 499 g/mol. The maximum Gasteiger partial charge on any atom is 0.184 e. The molecule has 0 spiro atoms. The van der Waals surface area contributed by atoms with E-state index in [0.29, 0.717) is 5.69 Å². The highest BCUT2D eigenvalue weighted by Gasteiger charge is 2.18. The number of nitrogens with zero attached hydrogens (tertiary/aromatic N) is 3. The molecule has 0 atom stereocenters. The number of rotatable bonds is 5. The summed E-state index contributed by atoms with van der Waals surface area (Å²) < 4.78 is 26.0. The van der Waals surface area contributed by atoms with Gasteiger partial charge < -0.3 is 0 Å². The molecule has 7 heteroatoms. The first-order valence-corrected chi connectivity index (χ1v) is 13.1. The highest BCUT2D eigenvalue weighted by Crippen LogP contribution is 2.34. The summed E-state index contributed by atoms with van der Waals surface area (Å²) in [5.74, 6) is -0.177. The minimum absolute atomic E-state index is 0.177. The lowest BCUT2D eigenvalue weighted by Gasteiger charge is -2.13. The highest BCUT2D eigenvalue weighted by atomic mass is 35.5. The van der Waals surface area contributed by atoms with Crippen molar-refractivity contribution < 1.29 is 8.42 Å². The largest absolute Gasteiger partial charge is 0.256 e. The zero-order chi connectivity index (χ0) is 24.6. The quantitative estimate of drug-likeness (QED) is 0.272. The summed E-state index contributed by atoms with van der Waals surface area (Å²) in [7, 11) is -3.55. The van der Waals surface area contributed by atoms with Gasteiger partial charge in [0.1, 0.15) is 6.33 Å². The molecule has 174 valence electrons. The molecule has 5 nitrogen and oxygen atoms in total. The van der Waals surface area contributed by atoms with Crippen LogP contribution in [0.2, 0.25) is 5.02 Å². The lowest BCUT2D eigenvalue weighted by molar-refractivity contribution is 0.594. The highest BCUT2D eigenvalue weighted by molar-refractivity contribution is 7.90. The van der Waals surface area contributed by atoms with Crippen LogP contribution in [0.5, 0.6) is 0 Å². The summed E-state index contributed by atoms with van der Waals surface area (Å²) in [4.78, 5) is 12.8. The Hall–Kier alpha value is -3.61. The minimum Gasteiger partial charge on any atom is -0.256 e. The molecule has 0 aliphatic carbocycles.